The van der Waals surface area contributed by atoms with Crippen LogP contribution in [-0.4, -0.2) is 38.7 Å². The third-order valence-corrected chi connectivity index (χ3v) is 7.77. The van der Waals surface area contributed by atoms with Gasteiger partial charge >= 0.3 is 0 Å². The quantitative estimate of drug-likeness (QED) is 0.239. The van der Waals surface area contributed by atoms with Gasteiger partial charge < -0.3 is 9.47 Å². The second-order valence-corrected chi connectivity index (χ2v) is 10.2. The van der Waals surface area contributed by atoms with Crippen LogP contribution < -0.4 is 19.3 Å². The van der Waals surface area contributed by atoms with E-state index in [-0.39, 0.29) is 28.4 Å². The predicted molar refractivity (Wildman–Crippen MR) is 143 cm³/mol. The van der Waals surface area contributed by atoms with E-state index in [9.17, 15) is 18.4 Å². The minimum absolute atomic E-state index is 0.0111. The third kappa shape index (κ3) is 5.17. The molecule has 10 heteroatoms. The molecule has 1 heterocycles. The van der Waals surface area contributed by atoms with Crippen LogP contribution in [0.4, 0.5) is 5.69 Å². The Hall–Kier alpha value is -4.41. The summed E-state index contributed by atoms with van der Waals surface area (Å²) in [4.78, 5) is 17.3. The number of ether oxygens (including phenoxy) is 2. The normalized spacial score (nSPS) is 11.1. The molecule has 0 aliphatic carbocycles. The maximum atomic E-state index is 14.1. The van der Waals surface area contributed by atoms with Crippen molar-refractivity contribution in [3.05, 3.63) is 102 Å². The highest BCUT2D eigenvalue weighted by atomic mass is 32.2. The summed E-state index contributed by atoms with van der Waals surface area (Å²) in [5, 5.41) is 9.69. The van der Waals surface area contributed by atoms with Gasteiger partial charge in [0.25, 0.3) is 15.9 Å². The van der Waals surface area contributed by atoms with Crippen molar-refractivity contribution < 1.29 is 27.9 Å². The van der Waals surface area contributed by atoms with Crippen molar-refractivity contribution >= 4 is 21.6 Å². The van der Waals surface area contributed by atoms with Crippen LogP contribution in [0.15, 0.2) is 90.1 Å². The van der Waals surface area contributed by atoms with Crippen molar-refractivity contribution in [2.24, 2.45) is 0 Å². The molecule has 4 rings (SSSR count). The molecule has 0 fully saturated rings. The zero-order valence-corrected chi connectivity index (χ0v) is 21.9. The first-order chi connectivity index (χ1) is 18.3. The zero-order chi connectivity index (χ0) is 27.3. The zero-order valence-electron chi connectivity index (χ0n) is 21.1. The third-order valence-electron chi connectivity index (χ3n) is 6.01. The Balaban J connectivity index is 2.02. The van der Waals surface area contributed by atoms with Gasteiger partial charge in [0.05, 0.1) is 31.3 Å². The summed E-state index contributed by atoms with van der Waals surface area (Å²) in [5.74, 6) is -0.309. The van der Waals surface area contributed by atoms with E-state index in [4.69, 9.17) is 9.47 Å². The highest BCUT2D eigenvalue weighted by Crippen LogP contribution is 2.43. The Kier molecular flexibility index (Phi) is 7.94. The molecular weight excluding hydrogens is 506 g/mol. The largest absolute Gasteiger partial charge is 0.497 e. The highest BCUT2D eigenvalue weighted by Gasteiger charge is 2.33. The number of carbonyl (C=O) groups excluding carboxylic acids is 1. The summed E-state index contributed by atoms with van der Waals surface area (Å²) in [6.07, 6.45) is 3.13. The molecule has 0 aliphatic rings. The number of hydroxylamine groups is 1. The number of carbonyl (C=O) groups is 1. The fraction of sp³-hybridized carbons (Fsp3) is 0.143. The Morgan fingerprint density at radius 2 is 1.71 bits per heavy atom. The first-order valence-corrected chi connectivity index (χ1v) is 13.0. The molecule has 0 radical (unpaired) electrons. The number of hydrogen-bond acceptors (Lipinski definition) is 7. The van der Waals surface area contributed by atoms with Crippen LogP contribution in [-0.2, 0) is 16.6 Å². The number of aromatic nitrogens is 1. The lowest BCUT2D eigenvalue weighted by atomic mass is 9.96. The molecular formula is C28H27N3O6S. The summed E-state index contributed by atoms with van der Waals surface area (Å²) < 4.78 is 40.3. The number of pyridine rings is 1. The van der Waals surface area contributed by atoms with Gasteiger partial charge in [0.2, 0.25) is 0 Å². The Bertz CT molecular complexity index is 1530. The molecule has 4 aromatic rings. The Morgan fingerprint density at radius 1 is 1.00 bits per heavy atom. The van der Waals surface area contributed by atoms with Crippen LogP contribution >= 0.6 is 0 Å². The summed E-state index contributed by atoms with van der Waals surface area (Å²) in [6, 6.07) is 20.4. The van der Waals surface area contributed by atoms with E-state index in [2.05, 4.69) is 4.98 Å². The minimum Gasteiger partial charge on any atom is -0.497 e. The number of benzene rings is 3. The average molecular weight is 534 g/mol. The minimum atomic E-state index is -4.23. The smallest absolute Gasteiger partial charge is 0.280 e. The molecule has 38 heavy (non-hydrogen) atoms. The van der Waals surface area contributed by atoms with Crippen molar-refractivity contribution in [3.63, 3.8) is 0 Å². The number of hydrogen-bond donors (Lipinski definition) is 2. The van der Waals surface area contributed by atoms with Crippen LogP contribution in [0.3, 0.4) is 0 Å². The number of aryl methyl sites for hydroxylation is 1. The molecule has 2 N–H and O–H groups in total. The maximum absolute atomic E-state index is 14.1. The van der Waals surface area contributed by atoms with Gasteiger partial charge in [0, 0.05) is 18.0 Å². The van der Waals surface area contributed by atoms with E-state index in [1.54, 1.807) is 55.1 Å². The monoisotopic (exact) mass is 533 g/mol. The lowest BCUT2D eigenvalue weighted by Gasteiger charge is -2.29. The number of amides is 1. The molecule has 0 bridgehead atoms. The number of nitrogens with zero attached hydrogens (tertiary/aromatic N) is 2. The van der Waals surface area contributed by atoms with Crippen LogP contribution in [0.5, 0.6) is 11.5 Å². The van der Waals surface area contributed by atoms with Crippen LogP contribution in [0, 0.1) is 6.92 Å². The molecule has 196 valence electrons. The van der Waals surface area contributed by atoms with Gasteiger partial charge in [0.1, 0.15) is 17.1 Å². The van der Waals surface area contributed by atoms with Crippen LogP contribution in [0.25, 0.3) is 11.1 Å². The maximum Gasteiger partial charge on any atom is 0.280 e. The number of sulfonamides is 1. The molecule has 3 aromatic carbocycles. The predicted octanol–water partition coefficient (Wildman–Crippen LogP) is 4.59. The molecule has 0 spiro atoms. The van der Waals surface area contributed by atoms with E-state index in [1.165, 1.54) is 26.4 Å². The van der Waals surface area contributed by atoms with E-state index >= 15 is 0 Å². The second-order valence-electron chi connectivity index (χ2n) is 8.35. The summed E-state index contributed by atoms with van der Waals surface area (Å²) >= 11 is 0. The van der Waals surface area contributed by atoms with E-state index in [1.807, 2.05) is 30.3 Å². The molecule has 1 aromatic heterocycles. The first-order valence-electron chi connectivity index (χ1n) is 11.6. The number of nitrogens with one attached hydrogen (secondary N) is 1. The van der Waals surface area contributed by atoms with Gasteiger partial charge in [-0.1, -0.05) is 36.4 Å². The Labute approximate surface area is 221 Å². The van der Waals surface area contributed by atoms with Gasteiger partial charge in [-0.3, -0.25) is 19.3 Å². The summed E-state index contributed by atoms with van der Waals surface area (Å²) in [6.45, 7) is 1.57. The SMILES string of the molecule is COc1ccc(S(=O)(=O)N(Cc2cccnc2)c2c(C)cc(-c3ccccc3)c(OC)c2C(=O)NO)cc1. The molecule has 0 saturated carbocycles. The highest BCUT2D eigenvalue weighted by molar-refractivity contribution is 7.92. The van der Waals surface area contributed by atoms with E-state index in [0.717, 1.165) is 9.87 Å². The van der Waals surface area contributed by atoms with Gasteiger partial charge in [-0.25, -0.2) is 13.9 Å². The van der Waals surface area contributed by atoms with Crippen LogP contribution in [0.1, 0.15) is 21.5 Å². The average Bonchev–Trinajstić information content (AvgIpc) is 2.96. The number of methoxy groups -OCH3 is 2. The van der Waals surface area contributed by atoms with Gasteiger partial charge in [-0.05, 0) is 60.0 Å². The lowest BCUT2D eigenvalue weighted by Crippen LogP contribution is -2.34. The molecule has 1 amide bonds. The molecule has 0 atom stereocenters. The number of anilines is 1. The van der Waals surface area contributed by atoms with Crippen molar-refractivity contribution in [1.82, 2.24) is 10.5 Å². The Morgan fingerprint density at radius 3 is 2.29 bits per heavy atom. The van der Waals surface area contributed by atoms with Crippen molar-refractivity contribution in [3.8, 4) is 22.6 Å². The lowest BCUT2D eigenvalue weighted by molar-refractivity contribution is 0.0704. The second kappa shape index (κ2) is 11.3. The summed E-state index contributed by atoms with van der Waals surface area (Å²) in [7, 11) is -1.36. The molecule has 0 saturated heterocycles. The number of rotatable bonds is 9. The van der Waals surface area contributed by atoms with E-state index < -0.39 is 15.9 Å². The van der Waals surface area contributed by atoms with Gasteiger partial charge in [-0.15, -0.1) is 0 Å². The van der Waals surface area contributed by atoms with Gasteiger partial charge in [-0.2, -0.15) is 0 Å². The van der Waals surface area contributed by atoms with E-state index in [0.29, 0.717) is 22.4 Å². The van der Waals surface area contributed by atoms with Crippen molar-refractivity contribution in [1.29, 1.82) is 0 Å². The van der Waals surface area contributed by atoms with Gasteiger partial charge in [0.15, 0.2) is 0 Å². The molecule has 0 aliphatic heterocycles. The first kappa shape index (κ1) is 26.6. The fourth-order valence-corrected chi connectivity index (χ4v) is 5.77. The van der Waals surface area contributed by atoms with Crippen molar-refractivity contribution in [2.75, 3.05) is 18.5 Å². The molecule has 9 nitrogen and oxygen atoms in total. The van der Waals surface area contributed by atoms with Crippen molar-refractivity contribution in [2.45, 2.75) is 18.4 Å². The fourth-order valence-electron chi connectivity index (χ4n) is 4.24. The summed E-state index contributed by atoms with van der Waals surface area (Å²) in [5.41, 5.74) is 3.97. The standard InChI is InChI=1S/C28H27N3O6S/c1-19-16-24(21-9-5-4-6-10-21)27(37-3)25(28(32)30-33)26(19)31(18-20-8-7-15-29-17-20)38(34,35)23-13-11-22(36-2)12-14-23/h4-17,33H,18H2,1-3H3,(H,30,32). The van der Waals surface area contributed by atoms with Crippen LogP contribution in [0.2, 0.25) is 0 Å². The molecule has 0 unspecified atom stereocenters. The topological polar surface area (TPSA) is 118 Å².